The molecule has 1 unspecified atom stereocenters. The van der Waals surface area contributed by atoms with Crippen LogP contribution in [-0.2, 0) is 14.8 Å². The zero-order chi connectivity index (χ0) is 14.6. The summed E-state index contributed by atoms with van der Waals surface area (Å²) in [6.07, 6.45) is 0.731. The Morgan fingerprint density at radius 3 is 2.58 bits per heavy atom. The number of hydrogen-bond donors (Lipinski definition) is 0. The molecule has 0 radical (unpaired) electrons. The Kier molecular flexibility index (Phi) is 6.19. The van der Waals surface area contributed by atoms with E-state index >= 15 is 0 Å². The Bertz CT molecular complexity index is 516. The van der Waals surface area contributed by atoms with E-state index in [1.165, 1.54) is 4.31 Å². The summed E-state index contributed by atoms with van der Waals surface area (Å²) in [7, 11) is -2.02. The first-order chi connectivity index (χ1) is 8.84. The second-order valence-corrected chi connectivity index (χ2v) is 7.87. The van der Waals surface area contributed by atoms with Crippen LogP contribution in [0.4, 0.5) is 0 Å². The quantitative estimate of drug-likeness (QED) is 0.772. The fraction of sp³-hybridized carbons (Fsp3) is 0.727. The van der Waals surface area contributed by atoms with Gasteiger partial charge >= 0.3 is 0 Å². The lowest BCUT2D eigenvalue weighted by atomic mass is 10.3. The summed E-state index contributed by atoms with van der Waals surface area (Å²) in [4.78, 5) is 3.97. The van der Waals surface area contributed by atoms with Gasteiger partial charge in [-0.25, -0.2) is 13.4 Å². The van der Waals surface area contributed by atoms with Gasteiger partial charge in [0, 0.05) is 19.7 Å². The van der Waals surface area contributed by atoms with Crippen LogP contribution >= 0.6 is 22.9 Å². The zero-order valence-electron chi connectivity index (χ0n) is 11.5. The van der Waals surface area contributed by atoms with Gasteiger partial charge in [0.25, 0.3) is 10.0 Å². The molecule has 0 fully saturated rings. The van der Waals surface area contributed by atoms with Gasteiger partial charge in [-0.05, 0) is 20.3 Å². The largest absolute Gasteiger partial charge is 0.383 e. The topological polar surface area (TPSA) is 59.5 Å². The molecule has 110 valence electrons. The molecule has 1 rings (SSSR count). The summed E-state index contributed by atoms with van der Waals surface area (Å²) in [6.45, 7) is 6.16. The Morgan fingerprint density at radius 1 is 1.53 bits per heavy atom. The molecule has 19 heavy (non-hydrogen) atoms. The average Bonchev–Trinajstić information content (AvgIpc) is 2.69. The van der Waals surface area contributed by atoms with Crippen molar-refractivity contribution in [2.24, 2.45) is 0 Å². The normalized spacial score (nSPS) is 14.0. The van der Waals surface area contributed by atoms with Crippen LogP contribution < -0.4 is 0 Å². The van der Waals surface area contributed by atoms with Crippen LogP contribution in [0.25, 0.3) is 0 Å². The number of nitrogens with zero attached hydrogens (tertiary/aromatic N) is 2. The third-order valence-corrected chi connectivity index (χ3v) is 6.73. The van der Waals surface area contributed by atoms with Crippen LogP contribution in [-0.4, -0.2) is 44.0 Å². The number of thiazole rings is 1. The summed E-state index contributed by atoms with van der Waals surface area (Å²) >= 11 is 6.79. The van der Waals surface area contributed by atoms with Crippen LogP contribution in [0, 0.1) is 6.92 Å². The van der Waals surface area contributed by atoms with Crippen LogP contribution in [0.5, 0.6) is 0 Å². The highest BCUT2D eigenvalue weighted by atomic mass is 35.5. The fourth-order valence-corrected chi connectivity index (χ4v) is 5.20. The highest BCUT2D eigenvalue weighted by molar-refractivity contribution is 7.91. The third-order valence-electron chi connectivity index (χ3n) is 2.87. The van der Waals surface area contributed by atoms with E-state index in [-0.39, 0.29) is 14.7 Å². The van der Waals surface area contributed by atoms with E-state index in [0.717, 1.165) is 17.8 Å². The summed E-state index contributed by atoms with van der Waals surface area (Å²) in [5.41, 5.74) is 0.445. The van der Waals surface area contributed by atoms with Crippen molar-refractivity contribution in [3.05, 3.63) is 10.2 Å². The Labute approximate surface area is 123 Å². The lowest BCUT2D eigenvalue weighted by Crippen LogP contribution is -2.40. The van der Waals surface area contributed by atoms with Crippen molar-refractivity contribution in [3.63, 3.8) is 0 Å². The second-order valence-electron chi connectivity index (χ2n) is 4.21. The molecule has 5 nitrogen and oxygen atoms in total. The minimum absolute atomic E-state index is 0.0968. The molecule has 1 aromatic rings. The molecule has 0 aromatic carbocycles. The number of ether oxygens (including phenoxy) is 1. The molecular formula is C11H19ClN2O3S2. The van der Waals surface area contributed by atoms with E-state index in [1.807, 2.05) is 13.8 Å². The molecule has 0 amide bonds. The molecule has 0 spiro atoms. The van der Waals surface area contributed by atoms with Crippen molar-refractivity contribution in [1.29, 1.82) is 0 Å². The molecule has 0 aliphatic carbocycles. The first-order valence-electron chi connectivity index (χ1n) is 5.98. The molecule has 1 aromatic heterocycles. The maximum Gasteiger partial charge on any atom is 0.254 e. The van der Waals surface area contributed by atoms with Crippen LogP contribution in [0.2, 0.25) is 4.47 Å². The lowest BCUT2D eigenvalue weighted by molar-refractivity contribution is 0.167. The Morgan fingerprint density at radius 2 is 2.16 bits per heavy atom. The minimum atomic E-state index is -3.57. The second kappa shape index (κ2) is 6.99. The van der Waals surface area contributed by atoms with E-state index in [1.54, 1.807) is 14.0 Å². The molecule has 8 heteroatoms. The predicted octanol–water partition coefficient (Wildman–Crippen LogP) is 2.54. The third kappa shape index (κ3) is 3.88. The monoisotopic (exact) mass is 326 g/mol. The summed E-state index contributed by atoms with van der Waals surface area (Å²) in [5.74, 6) is 0. The van der Waals surface area contributed by atoms with Gasteiger partial charge in [0.2, 0.25) is 0 Å². The number of methoxy groups -OCH3 is 1. The molecule has 1 heterocycles. The first kappa shape index (κ1) is 16.8. The number of hydrogen-bond acceptors (Lipinski definition) is 5. The maximum atomic E-state index is 12.7. The van der Waals surface area contributed by atoms with Crippen LogP contribution in [0.1, 0.15) is 26.0 Å². The highest BCUT2D eigenvalue weighted by Crippen LogP contribution is 2.30. The molecule has 0 aliphatic heterocycles. The maximum absolute atomic E-state index is 12.7. The SMILES string of the molecule is CCC(C)N(CCOC)S(=O)(=O)c1sc(Cl)nc1C. The van der Waals surface area contributed by atoms with E-state index in [4.69, 9.17) is 16.3 Å². The minimum Gasteiger partial charge on any atom is -0.383 e. The first-order valence-corrected chi connectivity index (χ1v) is 8.61. The molecule has 1 atom stereocenters. The Hall–Kier alpha value is -0.210. The molecule has 0 saturated heterocycles. The van der Waals surface area contributed by atoms with Gasteiger partial charge in [-0.3, -0.25) is 0 Å². The van der Waals surface area contributed by atoms with Crippen molar-refractivity contribution in [3.8, 4) is 0 Å². The highest BCUT2D eigenvalue weighted by Gasteiger charge is 2.31. The van der Waals surface area contributed by atoms with Gasteiger partial charge in [-0.15, -0.1) is 0 Å². The molecular weight excluding hydrogens is 308 g/mol. The Balaban J connectivity index is 3.15. The molecule has 0 saturated carbocycles. The van der Waals surface area contributed by atoms with Gasteiger partial charge in [0.05, 0.1) is 12.3 Å². The lowest BCUT2D eigenvalue weighted by Gasteiger charge is -2.26. The van der Waals surface area contributed by atoms with E-state index in [9.17, 15) is 8.42 Å². The smallest absolute Gasteiger partial charge is 0.254 e. The van der Waals surface area contributed by atoms with Crippen molar-refractivity contribution >= 4 is 33.0 Å². The van der Waals surface area contributed by atoms with E-state index in [0.29, 0.717) is 18.8 Å². The number of aromatic nitrogens is 1. The summed E-state index contributed by atoms with van der Waals surface area (Å²) < 4.78 is 32.2. The predicted molar refractivity (Wildman–Crippen MR) is 77.4 cm³/mol. The van der Waals surface area contributed by atoms with Gasteiger partial charge in [-0.1, -0.05) is 29.9 Å². The van der Waals surface area contributed by atoms with Gasteiger partial charge in [0.15, 0.2) is 8.68 Å². The number of sulfonamides is 1. The standard InChI is InChI=1S/C11H19ClN2O3S2/c1-5-8(2)14(6-7-17-4)19(15,16)10-9(3)13-11(12)18-10/h8H,5-7H2,1-4H3. The van der Waals surface area contributed by atoms with Crippen molar-refractivity contribution in [2.75, 3.05) is 20.3 Å². The van der Waals surface area contributed by atoms with Crippen LogP contribution in [0.15, 0.2) is 4.21 Å². The summed E-state index contributed by atoms with van der Waals surface area (Å²) in [5, 5.41) is 0. The van der Waals surface area contributed by atoms with Crippen molar-refractivity contribution < 1.29 is 13.2 Å². The van der Waals surface area contributed by atoms with E-state index < -0.39 is 10.0 Å². The van der Waals surface area contributed by atoms with Gasteiger partial charge in [0.1, 0.15) is 0 Å². The van der Waals surface area contributed by atoms with Crippen molar-refractivity contribution in [1.82, 2.24) is 9.29 Å². The number of halogens is 1. The molecule has 0 N–H and O–H groups in total. The number of aryl methyl sites for hydroxylation is 1. The molecule has 0 aliphatic rings. The van der Waals surface area contributed by atoms with Crippen molar-refractivity contribution in [2.45, 2.75) is 37.4 Å². The van der Waals surface area contributed by atoms with Gasteiger partial charge < -0.3 is 4.74 Å². The van der Waals surface area contributed by atoms with Crippen LogP contribution in [0.3, 0.4) is 0 Å². The molecule has 0 bridgehead atoms. The van der Waals surface area contributed by atoms with E-state index in [2.05, 4.69) is 4.98 Å². The fourth-order valence-electron chi connectivity index (χ4n) is 1.66. The summed E-state index contributed by atoms with van der Waals surface area (Å²) in [6, 6.07) is -0.0968. The number of rotatable bonds is 7. The average molecular weight is 327 g/mol. The van der Waals surface area contributed by atoms with Gasteiger partial charge in [-0.2, -0.15) is 4.31 Å². The zero-order valence-corrected chi connectivity index (χ0v) is 13.9.